The molecule has 1 N–H and O–H groups in total. The molecule has 0 saturated heterocycles. The minimum absolute atomic E-state index is 0. The van der Waals surface area contributed by atoms with Gasteiger partial charge in [-0.1, -0.05) is 19.3 Å². The van der Waals surface area contributed by atoms with Crippen LogP contribution in [-0.2, 0) is 4.79 Å². The van der Waals surface area contributed by atoms with Gasteiger partial charge in [0.1, 0.15) is 0 Å². The summed E-state index contributed by atoms with van der Waals surface area (Å²) < 4.78 is 0. The Hall–Kier alpha value is 0.340. The van der Waals surface area contributed by atoms with Crippen molar-refractivity contribution in [2.45, 2.75) is 38.5 Å². The van der Waals surface area contributed by atoms with Gasteiger partial charge >= 0.3 is 31.8 Å². The van der Waals surface area contributed by atoms with Crippen LogP contribution in [0.1, 0.15) is 38.5 Å². The first-order valence-corrected chi connectivity index (χ1v) is 4.01. The second-order valence-corrected chi connectivity index (χ2v) is 3.10. The number of rotatable bonds is 2. The Morgan fingerprint density at radius 3 is 2.27 bits per heavy atom. The molecule has 64 valence electrons. The van der Waals surface area contributed by atoms with E-state index < -0.39 is 5.97 Å². The normalized spacial score (nSPS) is 18.9. The molecule has 1 saturated carbocycles. The van der Waals surface area contributed by atoms with Crippen molar-refractivity contribution in [2.75, 3.05) is 0 Å². The van der Waals surface area contributed by atoms with Crippen molar-refractivity contribution < 1.29 is 9.90 Å². The van der Waals surface area contributed by atoms with Crippen LogP contribution < -0.4 is 0 Å². The topological polar surface area (TPSA) is 37.3 Å². The van der Waals surface area contributed by atoms with Crippen molar-refractivity contribution in [2.24, 2.45) is 5.92 Å². The van der Waals surface area contributed by atoms with E-state index >= 15 is 0 Å². The monoisotopic (exact) mass is 260 g/mol. The van der Waals surface area contributed by atoms with Gasteiger partial charge in [-0.2, -0.15) is 0 Å². The molecule has 0 aromatic rings. The van der Waals surface area contributed by atoms with Crippen LogP contribution >= 0.6 is 0 Å². The van der Waals surface area contributed by atoms with Crippen molar-refractivity contribution >= 4 is 31.8 Å². The fourth-order valence-electron chi connectivity index (χ4n) is 1.64. The van der Waals surface area contributed by atoms with Crippen LogP contribution in [0.5, 0.6) is 0 Å². The minimum atomic E-state index is -0.632. The number of carbonyl (C=O) groups is 1. The van der Waals surface area contributed by atoms with Gasteiger partial charge in [0.15, 0.2) is 0 Å². The zero-order valence-electron chi connectivity index (χ0n) is 6.18. The molecule has 0 atom stereocenters. The SMILES string of the molecule is O=C(O)CC1CCCCC1.[InH3]. The third-order valence-corrected chi connectivity index (χ3v) is 2.19. The fourth-order valence-corrected chi connectivity index (χ4v) is 1.64. The van der Waals surface area contributed by atoms with Crippen LogP contribution in [0.15, 0.2) is 0 Å². The van der Waals surface area contributed by atoms with Crippen LogP contribution in [-0.4, -0.2) is 36.9 Å². The summed E-state index contributed by atoms with van der Waals surface area (Å²) in [7, 11) is 0. The number of hydrogen-bond donors (Lipinski definition) is 1. The molecule has 0 heterocycles. The zero-order chi connectivity index (χ0) is 7.40. The van der Waals surface area contributed by atoms with Crippen molar-refractivity contribution in [1.82, 2.24) is 0 Å². The van der Waals surface area contributed by atoms with E-state index in [0.717, 1.165) is 12.8 Å². The van der Waals surface area contributed by atoms with Crippen LogP contribution in [0.2, 0.25) is 0 Å². The van der Waals surface area contributed by atoms with Gasteiger partial charge in [0, 0.05) is 6.42 Å². The van der Waals surface area contributed by atoms with Gasteiger partial charge in [-0.3, -0.25) is 4.79 Å². The average molecular weight is 260 g/mol. The molecule has 0 radical (unpaired) electrons. The molecular formula is C8H17InO2. The van der Waals surface area contributed by atoms with Crippen molar-refractivity contribution in [1.29, 1.82) is 0 Å². The molecule has 1 aliphatic rings. The Morgan fingerprint density at radius 1 is 1.27 bits per heavy atom. The van der Waals surface area contributed by atoms with Crippen LogP contribution in [0, 0.1) is 5.92 Å². The average Bonchev–Trinajstić information content (AvgIpc) is 1.88. The molecule has 0 aromatic carbocycles. The maximum atomic E-state index is 10.3. The fraction of sp³-hybridized carbons (Fsp3) is 0.875. The third-order valence-electron chi connectivity index (χ3n) is 2.19. The summed E-state index contributed by atoms with van der Waals surface area (Å²) in [6, 6.07) is 0. The van der Waals surface area contributed by atoms with Gasteiger partial charge in [0.05, 0.1) is 0 Å². The molecular weight excluding hydrogens is 243 g/mol. The van der Waals surface area contributed by atoms with E-state index in [1.54, 1.807) is 0 Å². The molecule has 2 nitrogen and oxygen atoms in total. The van der Waals surface area contributed by atoms with E-state index in [1.807, 2.05) is 0 Å². The first-order valence-electron chi connectivity index (χ1n) is 4.01. The number of carboxylic acid groups (broad SMARTS) is 1. The van der Waals surface area contributed by atoms with Gasteiger partial charge in [-0.25, -0.2) is 0 Å². The van der Waals surface area contributed by atoms with E-state index in [2.05, 4.69) is 0 Å². The summed E-state index contributed by atoms with van der Waals surface area (Å²) in [5, 5.41) is 8.47. The summed E-state index contributed by atoms with van der Waals surface area (Å²) in [5.74, 6) is -0.154. The van der Waals surface area contributed by atoms with Crippen LogP contribution in [0.25, 0.3) is 0 Å². The van der Waals surface area contributed by atoms with E-state index in [1.165, 1.54) is 19.3 Å². The van der Waals surface area contributed by atoms with Gasteiger partial charge < -0.3 is 5.11 Å². The van der Waals surface area contributed by atoms with Crippen LogP contribution in [0.3, 0.4) is 0 Å². The van der Waals surface area contributed by atoms with E-state index in [0.29, 0.717) is 12.3 Å². The molecule has 0 aliphatic heterocycles. The zero-order valence-corrected chi connectivity index (χ0v) is 6.18. The van der Waals surface area contributed by atoms with Crippen molar-refractivity contribution in [3.05, 3.63) is 0 Å². The predicted molar refractivity (Wildman–Crippen MR) is 48.8 cm³/mol. The summed E-state index contributed by atoms with van der Waals surface area (Å²) in [5.41, 5.74) is 0. The molecule has 0 aromatic heterocycles. The van der Waals surface area contributed by atoms with Gasteiger partial charge in [-0.15, -0.1) is 0 Å². The Balaban J connectivity index is 0.000001000. The Kier molecular flexibility index (Phi) is 6.11. The van der Waals surface area contributed by atoms with Gasteiger partial charge in [0.25, 0.3) is 0 Å². The number of carboxylic acids is 1. The molecule has 11 heavy (non-hydrogen) atoms. The second kappa shape index (κ2) is 5.92. The van der Waals surface area contributed by atoms with E-state index in [9.17, 15) is 4.79 Å². The molecule has 1 aliphatic carbocycles. The molecule has 3 heteroatoms. The Morgan fingerprint density at radius 2 is 1.82 bits per heavy atom. The molecule has 0 amide bonds. The summed E-state index contributed by atoms with van der Waals surface area (Å²) in [6.07, 6.45) is 6.42. The van der Waals surface area contributed by atoms with Gasteiger partial charge in [0.2, 0.25) is 0 Å². The number of aliphatic carboxylic acids is 1. The maximum absolute atomic E-state index is 10.3. The first kappa shape index (κ1) is 11.3. The summed E-state index contributed by atoms with van der Waals surface area (Å²) in [4.78, 5) is 10.3. The molecule has 1 rings (SSSR count). The van der Waals surface area contributed by atoms with Crippen LogP contribution in [0.4, 0.5) is 0 Å². The number of hydrogen-bond acceptors (Lipinski definition) is 1. The van der Waals surface area contributed by atoms with E-state index in [4.69, 9.17) is 5.11 Å². The molecule has 1 fully saturated rings. The summed E-state index contributed by atoms with van der Waals surface area (Å²) >= 11 is 0. The third kappa shape index (κ3) is 4.72. The molecule has 0 spiro atoms. The van der Waals surface area contributed by atoms with Crippen molar-refractivity contribution in [3.8, 4) is 0 Å². The predicted octanol–water partition coefficient (Wildman–Crippen LogP) is 0.857. The first-order chi connectivity index (χ1) is 4.79. The quantitative estimate of drug-likeness (QED) is 0.799. The molecule has 0 bridgehead atoms. The van der Waals surface area contributed by atoms with Gasteiger partial charge in [-0.05, 0) is 18.8 Å². The van der Waals surface area contributed by atoms with Crippen molar-refractivity contribution in [3.63, 3.8) is 0 Å². The summed E-state index contributed by atoms with van der Waals surface area (Å²) in [6.45, 7) is 0. The Labute approximate surface area is 86.2 Å². The molecule has 0 unspecified atom stereocenters. The standard InChI is InChI=1S/C8H14O2.In.3H/c9-8(10)6-7-4-2-1-3-5-7;;;;/h7H,1-6H2,(H,9,10);;;;. The second-order valence-electron chi connectivity index (χ2n) is 3.10. The Bertz CT molecular complexity index is 119. The van der Waals surface area contributed by atoms with E-state index in [-0.39, 0.29) is 25.8 Å².